The summed E-state index contributed by atoms with van der Waals surface area (Å²) in [5.41, 5.74) is 2.07. The van der Waals surface area contributed by atoms with Gasteiger partial charge in [0.2, 0.25) is 0 Å². The van der Waals surface area contributed by atoms with Crippen LogP contribution in [0.3, 0.4) is 0 Å². The topological polar surface area (TPSA) is 47.4 Å². The van der Waals surface area contributed by atoms with Crippen molar-refractivity contribution >= 4 is 16.9 Å². The van der Waals surface area contributed by atoms with Crippen molar-refractivity contribution in [3.8, 4) is 0 Å². The van der Waals surface area contributed by atoms with Gasteiger partial charge in [0, 0.05) is 13.2 Å². The molecule has 0 radical (unpaired) electrons. The van der Waals surface area contributed by atoms with Crippen LogP contribution >= 0.6 is 0 Å². The van der Waals surface area contributed by atoms with E-state index in [1.807, 2.05) is 29.4 Å². The van der Waals surface area contributed by atoms with Crippen LogP contribution in [0.25, 0.3) is 11.0 Å². The standard InChI is InChI=1S/C16H19N3O2/c20-16(14-7-4-10-21-14)18-9-3-8-15(18)19-11-17-12-5-1-2-6-13(12)19/h1-2,5-6,11,14-15H,3-4,7-10H2/t14-,15-/m1/s1. The number of imidazole rings is 1. The summed E-state index contributed by atoms with van der Waals surface area (Å²) in [5, 5.41) is 0. The van der Waals surface area contributed by atoms with E-state index in [9.17, 15) is 4.79 Å². The average Bonchev–Trinajstić information content (AvgIpc) is 3.25. The number of aromatic nitrogens is 2. The largest absolute Gasteiger partial charge is 0.368 e. The molecule has 1 aromatic heterocycles. The predicted molar refractivity (Wildman–Crippen MR) is 78.7 cm³/mol. The first kappa shape index (κ1) is 12.8. The summed E-state index contributed by atoms with van der Waals surface area (Å²) < 4.78 is 7.70. The van der Waals surface area contributed by atoms with E-state index in [4.69, 9.17) is 4.74 Å². The second kappa shape index (κ2) is 5.15. The second-order valence-electron chi connectivity index (χ2n) is 5.80. The molecule has 2 atom stereocenters. The van der Waals surface area contributed by atoms with Crippen molar-refractivity contribution in [1.82, 2.24) is 14.5 Å². The normalized spacial score (nSPS) is 25.8. The Labute approximate surface area is 123 Å². The number of fused-ring (bicyclic) bond motifs is 1. The third kappa shape index (κ3) is 2.12. The third-order valence-electron chi connectivity index (χ3n) is 4.51. The zero-order chi connectivity index (χ0) is 14.2. The van der Waals surface area contributed by atoms with Gasteiger partial charge in [-0.15, -0.1) is 0 Å². The Kier molecular flexibility index (Phi) is 3.15. The zero-order valence-electron chi connectivity index (χ0n) is 11.9. The molecule has 0 saturated carbocycles. The molecule has 5 nitrogen and oxygen atoms in total. The van der Waals surface area contributed by atoms with Crippen LogP contribution in [0, 0.1) is 0 Å². The number of ether oxygens (including phenoxy) is 1. The van der Waals surface area contributed by atoms with Crippen molar-refractivity contribution in [2.45, 2.75) is 38.0 Å². The molecule has 3 heterocycles. The molecule has 2 aromatic rings. The summed E-state index contributed by atoms with van der Waals surface area (Å²) in [6, 6.07) is 8.08. The smallest absolute Gasteiger partial charge is 0.253 e. The molecule has 110 valence electrons. The van der Waals surface area contributed by atoms with E-state index in [-0.39, 0.29) is 18.2 Å². The summed E-state index contributed by atoms with van der Waals surface area (Å²) in [6.07, 6.45) is 5.56. The fourth-order valence-electron chi connectivity index (χ4n) is 3.47. The van der Waals surface area contributed by atoms with Crippen molar-refractivity contribution < 1.29 is 9.53 Å². The highest BCUT2D eigenvalue weighted by Gasteiger charge is 2.36. The number of amides is 1. The number of nitrogens with zero attached hydrogens (tertiary/aromatic N) is 3. The Morgan fingerprint density at radius 3 is 3.00 bits per heavy atom. The van der Waals surface area contributed by atoms with Crippen LogP contribution in [0.5, 0.6) is 0 Å². The molecule has 1 aromatic carbocycles. The molecule has 0 N–H and O–H groups in total. The lowest BCUT2D eigenvalue weighted by Gasteiger charge is -2.28. The van der Waals surface area contributed by atoms with Gasteiger partial charge in [0.15, 0.2) is 0 Å². The van der Waals surface area contributed by atoms with Crippen molar-refractivity contribution in [3.05, 3.63) is 30.6 Å². The van der Waals surface area contributed by atoms with Gasteiger partial charge >= 0.3 is 0 Å². The van der Waals surface area contributed by atoms with Gasteiger partial charge in [0.05, 0.1) is 17.4 Å². The summed E-state index contributed by atoms with van der Waals surface area (Å²) in [4.78, 5) is 19.1. The minimum Gasteiger partial charge on any atom is -0.368 e. The van der Waals surface area contributed by atoms with Gasteiger partial charge in [0.25, 0.3) is 5.91 Å². The molecule has 2 aliphatic rings. The summed E-state index contributed by atoms with van der Waals surface area (Å²) in [5.74, 6) is 0.146. The van der Waals surface area contributed by atoms with E-state index in [2.05, 4.69) is 15.6 Å². The lowest BCUT2D eigenvalue weighted by atomic mass is 10.2. The molecule has 2 saturated heterocycles. The van der Waals surface area contributed by atoms with E-state index < -0.39 is 0 Å². The van der Waals surface area contributed by atoms with Gasteiger partial charge < -0.3 is 14.2 Å². The fourth-order valence-corrected chi connectivity index (χ4v) is 3.47. The monoisotopic (exact) mass is 285 g/mol. The van der Waals surface area contributed by atoms with Crippen LogP contribution in [-0.2, 0) is 9.53 Å². The number of hydrogen-bond donors (Lipinski definition) is 0. The van der Waals surface area contributed by atoms with Crippen LogP contribution in [0.4, 0.5) is 0 Å². The SMILES string of the molecule is O=C([C@H]1CCCO1)N1CCC[C@H]1n1cnc2ccccc21. The lowest BCUT2D eigenvalue weighted by molar-refractivity contribution is -0.143. The second-order valence-corrected chi connectivity index (χ2v) is 5.80. The third-order valence-corrected chi connectivity index (χ3v) is 4.51. The maximum atomic E-state index is 12.7. The molecule has 4 rings (SSSR count). The number of para-hydroxylation sites is 2. The van der Waals surface area contributed by atoms with Crippen LogP contribution in [-0.4, -0.2) is 39.6 Å². The molecule has 1 amide bonds. The molecule has 0 bridgehead atoms. The van der Waals surface area contributed by atoms with Crippen molar-refractivity contribution in [1.29, 1.82) is 0 Å². The van der Waals surface area contributed by atoms with Crippen LogP contribution in [0.1, 0.15) is 31.8 Å². The van der Waals surface area contributed by atoms with E-state index >= 15 is 0 Å². The highest BCUT2D eigenvalue weighted by Crippen LogP contribution is 2.31. The van der Waals surface area contributed by atoms with E-state index in [1.165, 1.54) is 0 Å². The molecular weight excluding hydrogens is 266 g/mol. The van der Waals surface area contributed by atoms with Crippen molar-refractivity contribution in [2.24, 2.45) is 0 Å². The summed E-state index contributed by atoms with van der Waals surface area (Å²) in [6.45, 7) is 1.53. The van der Waals surface area contributed by atoms with E-state index in [0.717, 1.165) is 43.3 Å². The number of likely N-dealkylation sites (tertiary alicyclic amines) is 1. The maximum absolute atomic E-state index is 12.7. The Morgan fingerprint density at radius 1 is 1.24 bits per heavy atom. The van der Waals surface area contributed by atoms with Gasteiger partial charge in [-0.2, -0.15) is 0 Å². The number of carbonyl (C=O) groups excluding carboxylic acids is 1. The van der Waals surface area contributed by atoms with Gasteiger partial charge in [-0.1, -0.05) is 12.1 Å². The lowest BCUT2D eigenvalue weighted by Crippen LogP contribution is -2.40. The van der Waals surface area contributed by atoms with Crippen LogP contribution < -0.4 is 0 Å². The van der Waals surface area contributed by atoms with Gasteiger partial charge in [0.1, 0.15) is 12.3 Å². The predicted octanol–water partition coefficient (Wildman–Crippen LogP) is 2.34. The average molecular weight is 285 g/mol. The van der Waals surface area contributed by atoms with Crippen molar-refractivity contribution in [2.75, 3.05) is 13.2 Å². The fraction of sp³-hybridized carbons (Fsp3) is 0.500. The Hall–Kier alpha value is -1.88. The highest BCUT2D eigenvalue weighted by atomic mass is 16.5. The van der Waals surface area contributed by atoms with E-state index in [0.29, 0.717) is 6.61 Å². The van der Waals surface area contributed by atoms with E-state index in [1.54, 1.807) is 0 Å². The Morgan fingerprint density at radius 2 is 2.14 bits per heavy atom. The zero-order valence-corrected chi connectivity index (χ0v) is 11.9. The number of benzene rings is 1. The molecule has 0 unspecified atom stereocenters. The van der Waals surface area contributed by atoms with Crippen LogP contribution in [0.2, 0.25) is 0 Å². The van der Waals surface area contributed by atoms with Gasteiger partial charge in [-0.25, -0.2) is 4.98 Å². The Balaban J connectivity index is 1.65. The van der Waals surface area contributed by atoms with Crippen molar-refractivity contribution in [3.63, 3.8) is 0 Å². The summed E-state index contributed by atoms with van der Waals surface area (Å²) >= 11 is 0. The molecule has 0 spiro atoms. The van der Waals surface area contributed by atoms with Gasteiger partial charge in [-0.05, 0) is 37.8 Å². The number of hydrogen-bond acceptors (Lipinski definition) is 3. The Bertz CT molecular complexity index is 660. The number of carbonyl (C=O) groups is 1. The molecule has 2 fully saturated rings. The molecule has 0 aliphatic carbocycles. The minimum absolute atomic E-state index is 0.0779. The first-order chi connectivity index (χ1) is 10.3. The summed E-state index contributed by atoms with van der Waals surface area (Å²) in [7, 11) is 0. The molecule has 5 heteroatoms. The van der Waals surface area contributed by atoms with Gasteiger partial charge in [-0.3, -0.25) is 4.79 Å². The molecule has 2 aliphatic heterocycles. The minimum atomic E-state index is -0.236. The first-order valence-electron chi connectivity index (χ1n) is 7.68. The quantitative estimate of drug-likeness (QED) is 0.851. The maximum Gasteiger partial charge on any atom is 0.253 e. The molecular formula is C16H19N3O2. The molecule has 21 heavy (non-hydrogen) atoms. The highest BCUT2D eigenvalue weighted by molar-refractivity contribution is 5.82. The number of rotatable bonds is 2. The van der Waals surface area contributed by atoms with Crippen LogP contribution in [0.15, 0.2) is 30.6 Å². The first-order valence-corrected chi connectivity index (χ1v) is 7.68.